The van der Waals surface area contributed by atoms with Crippen molar-refractivity contribution in [3.05, 3.63) is 12.1 Å². The van der Waals surface area contributed by atoms with Crippen molar-refractivity contribution in [3.63, 3.8) is 0 Å². The third-order valence-corrected chi connectivity index (χ3v) is 3.29. The number of rotatable bonds is 7. The van der Waals surface area contributed by atoms with Gasteiger partial charge in [0.2, 0.25) is 11.8 Å². The van der Waals surface area contributed by atoms with Crippen LogP contribution in [0.1, 0.15) is 54.4 Å². The van der Waals surface area contributed by atoms with Crippen LogP contribution < -0.4 is 15.5 Å². The normalized spacial score (nSPS) is 12.6. The van der Waals surface area contributed by atoms with Gasteiger partial charge in [0.05, 0.1) is 0 Å². The topological polar surface area (TPSA) is 148 Å². The summed E-state index contributed by atoms with van der Waals surface area (Å²) in [7, 11) is 0. The maximum atomic E-state index is 12.5. The van der Waals surface area contributed by atoms with Gasteiger partial charge in [0, 0.05) is 18.7 Å². The molecule has 0 aliphatic carbocycles. The van der Waals surface area contributed by atoms with Crippen LogP contribution in [0.3, 0.4) is 0 Å². The maximum Gasteiger partial charge on any atom is 0.408 e. The van der Waals surface area contributed by atoms with Crippen LogP contribution in [0.25, 0.3) is 0 Å². The number of aromatic nitrogens is 1. The standard InChI is InChI=1S/C19H31N3O8/c1-18(2,3)28-16(26)20-11-7-8-12(21-17(27)29-19(4,5)6)15(25)30-22-13(23)9-10-14(22)24/h9-10,12,23-24H,7-8,11H2,1-6H3,(H,20,26)(H,21,27)/t12-/m0/s1. The zero-order valence-corrected chi connectivity index (χ0v) is 18.1. The van der Waals surface area contributed by atoms with Gasteiger partial charge in [-0.05, 0) is 54.4 Å². The second-order valence-electron chi connectivity index (χ2n) is 8.52. The largest absolute Gasteiger partial charge is 0.492 e. The molecular formula is C19H31N3O8. The van der Waals surface area contributed by atoms with Crippen LogP contribution in [0, 0.1) is 0 Å². The molecule has 170 valence electrons. The Balaban J connectivity index is 2.71. The lowest BCUT2D eigenvalue weighted by Crippen LogP contribution is -2.46. The van der Waals surface area contributed by atoms with Crippen LogP contribution >= 0.6 is 0 Å². The zero-order valence-electron chi connectivity index (χ0n) is 18.1. The second kappa shape index (κ2) is 10.1. The van der Waals surface area contributed by atoms with E-state index in [0.717, 1.165) is 12.1 Å². The fourth-order valence-corrected chi connectivity index (χ4v) is 2.16. The molecule has 1 aromatic rings. The third-order valence-electron chi connectivity index (χ3n) is 3.29. The van der Waals surface area contributed by atoms with Crippen molar-refractivity contribution in [2.75, 3.05) is 6.54 Å². The number of nitrogens with one attached hydrogen (secondary N) is 2. The molecule has 1 heterocycles. The lowest BCUT2D eigenvalue weighted by atomic mass is 10.1. The number of hydrogen-bond acceptors (Lipinski definition) is 8. The monoisotopic (exact) mass is 429 g/mol. The Morgan fingerprint density at radius 1 is 0.967 bits per heavy atom. The average Bonchev–Trinajstić information content (AvgIpc) is 2.86. The minimum absolute atomic E-state index is 0.0800. The van der Waals surface area contributed by atoms with Crippen molar-refractivity contribution in [1.29, 1.82) is 0 Å². The third kappa shape index (κ3) is 9.39. The highest BCUT2D eigenvalue weighted by Crippen LogP contribution is 2.19. The van der Waals surface area contributed by atoms with Gasteiger partial charge in [-0.1, -0.05) is 0 Å². The van der Waals surface area contributed by atoms with Gasteiger partial charge in [-0.3, -0.25) is 0 Å². The van der Waals surface area contributed by atoms with Crippen LogP contribution in [0.15, 0.2) is 12.1 Å². The van der Waals surface area contributed by atoms with E-state index in [0.29, 0.717) is 11.2 Å². The van der Waals surface area contributed by atoms with Crippen LogP contribution in [-0.4, -0.2) is 56.9 Å². The van der Waals surface area contributed by atoms with Crippen molar-refractivity contribution >= 4 is 18.2 Å². The van der Waals surface area contributed by atoms with E-state index in [-0.39, 0.29) is 13.0 Å². The first-order chi connectivity index (χ1) is 13.7. The minimum Gasteiger partial charge on any atom is -0.492 e. The van der Waals surface area contributed by atoms with Crippen LogP contribution in [-0.2, 0) is 14.3 Å². The minimum atomic E-state index is -1.17. The number of aromatic hydroxyl groups is 2. The van der Waals surface area contributed by atoms with E-state index >= 15 is 0 Å². The predicted octanol–water partition coefficient (Wildman–Crippen LogP) is 2.05. The molecule has 1 aromatic heterocycles. The van der Waals surface area contributed by atoms with E-state index in [1.54, 1.807) is 41.5 Å². The van der Waals surface area contributed by atoms with Gasteiger partial charge in [0.25, 0.3) is 0 Å². The van der Waals surface area contributed by atoms with Gasteiger partial charge in [-0.2, -0.15) is 0 Å². The molecule has 0 radical (unpaired) electrons. The molecular weight excluding hydrogens is 398 g/mol. The predicted molar refractivity (Wildman–Crippen MR) is 106 cm³/mol. The van der Waals surface area contributed by atoms with E-state index in [4.69, 9.17) is 14.3 Å². The first-order valence-corrected chi connectivity index (χ1v) is 9.46. The summed E-state index contributed by atoms with van der Waals surface area (Å²) in [4.78, 5) is 41.2. The van der Waals surface area contributed by atoms with Crippen molar-refractivity contribution < 1.29 is 38.9 Å². The summed E-state index contributed by atoms with van der Waals surface area (Å²) in [5.41, 5.74) is -1.43. The smallest absolute Gasteiger partial charge is 0.408 e. The summed E-state index contributed by atoms with van der Waals surface area (Å²) in [6.07, 6.45) is -1.08. The summed E-state index contributed by atoms with van der Waals surface area (Å²) >= 11 is 0. The van der Waals surface area contributed by atoms with Gasteiger partial charge < -0.3 is 35.2 Å². The lowest BCUT2D eigenvalue weighted by Gasteiger charge is -2.23. The molecule has 30 heavy (non-hydrogen) atoms. The molecule has 2 amide bonds. The molecule has 11 heteroatoms. The highest BCUT2D eigenvalue weighted by molar-refractivity contribution is 5.81. The summed E-state index contributed by atoms with van der Waals surface area (Å²) in [6.45, 7) is 10.4. The number of amides is 2. The van der Waals surface area contributed by atoms with E-state index in [1.165, 1.54) is 0 Å². The van der Waals surface area contributed by atoms with Crippen molar-refractivity contribution in [1.82, 2.24) is 15.4 Å². The fourth-order valence-electron chi connectivity index (χ4n) is 2.16. The summed E-state index contributed by atoms with van der Waals surface area (Å²) < 4.78 is 10.8. The zero-order chi connectivity index (χ0) is 23.1. The number of alkyl carbamates (subject to hydrolysis) is 2. The summed E-state index contributed by atoms with van der Waals surface area (Å²) in [6, 6.07) is 1.09. The Morgan fingerprint density at radius 3 is 1.97 bits per heavy atom. The Kier molecular flexibility index (Phi) is 8.38. The second-order valence-corrected chi connectivity index (χ2v) is 8.52. The molecule has 0 unspecified atom stereocenters. The Morgan fingerprint density at radius 2 is 1.47 bits per heavy atom. The van der Waals surface area contributed by atoms with E-state index < -0.39 is 47.2 Å². The Hall–Kier alpha value is -3.11. The fraction of sp³-hybridized carbons (Fsp3) is 0.632. The van der Waals surface area contributed by atoms with Gasteiger partial charge in [0.1, 0.15) is 17.2 Å². The summed E-state index contributed by atoms with van der Waals surface area (Å²) in [5, 5.41) is 24.2. The molecule has 11 nitrogen and oxygen atoms in total. The number of carbonyl (C=O) groups excluding carboxylic acids is 3. The first-order valence-electron chi connectivity index (χ1n) is 9.46. The highest BCUT2D eigenvalue weighted by atomic mass is 16.7. The summed E-state index contributed by atoms with van der Waals surface area (Å²) in [5.74, 6) is -1.94. The molecule has 0 aromatic carbocycles. The van der Waals surface area contributed by atoms with Crippen LogP contribution in [0.5, 0.6) is 11.8 Å². The molecule has 4 N–H and O–H groups in total. The van der Waals surface area contributed by atoms with E-state index in [1.807, 2.05) is 0 Å². The van der Waals surface area contributed by atoms with E-state index in [2.05, 4.69) is 10.6 Å². The molecule has 1 rings (SSSR count). The Bertz CT molecular complexity index is 726. The molecule has 0 saturated heterocycles. The first kappa shape index (κ1) is 24.9. The maximum absolute atomic E-state index is 12.5. The highest BCUT2D eigenvalue weighted by Gasteiger charge is 2.27. The van der Waals surface area contributed by atoms with Crippen LogP contribution in [0.4, 0.5) is 9.59 Å². The van der Waals surface area contributed by atoms with Crippen molar-refractivity contribution in [3.8, 4) is 11.8 Å². The molecule has 0 aliphatic heterocycles. The number of carbonyl (C=O) groups is 3. The molecule has 0 aliphatic rings. The van der Waals surface area contributed by atoms with Crippen LogP contribution in [0.2, 0.25) is 0 Å². The molecule has 0 bridgehead atoms. The van der Waals surface area contributed by atoms with Gasteiger partial charge >= 0.3 is 18.2 Å². The number of ether oxygens (including phenoxy) is 2. The van der Waals surface area contributed by atoms with Crippen molar-refractivity contribution in [2.24, 2.45) is 0 Å². The van der Waals surface area contributed by atoms with Gasteiger partial charge in [0.15, 0.2) is 0 Å². The number of hydrogen-bond donors (Lipinski definition) is 4. The van der Waals surface area contributed by atoms with E-state index in [9.17, 15) is 24.6 Å². The average molecular weight is 429 g/mol. The van der Waals surface area contributed by atoms with Gasteiger partial charge in [-0.25, -0.2) is 14.4 Å². The Labute approximate surface area is 175 Å². The SMILES string of the molecule is CC(C)(C)OC(=O)NCCC[C@H](NC(=O)OC(C)(C)C)C(=O)On1c(O)ccc1O. The molecule has 1 atom stereocenters. The van der Waals surface area contributed by atoms with Gasteiger partial charge in [-0.15, -0.1) is 4.73 Å². The lowest BCUT2D eigenvalue weighted by molar-refractivity contribution is -0.148. The molecule has 0 spiro atoms. The molecule has 0 fully saturated rings. The quantitative estimate of drug-likeness (QED) is 0.481. The number of nitrogens with zero attached hydrogens (tertiary/aromatic N) is 1. The van der Waals surface area contributed by atoms with Crippen molar-refractivity contribution in [2.45, 2.75) is 71.6 Å². The molecule has 0 saturated carbocycles.